The van der Waals surface area contributed by atoms with E-state index < -0.39 is 0 Å². The molecule has 4 nitrogen and oxygen atoms in total. The highest BCUT2D eigenvalue weighted by molar-refractivity contribution is 7.09. The SMILES string of the molecule is O=C(CN1CCN(Cc2cccs2)CC1)NCc1ccc(Cl)cc1. The number of amides is 1. The predicted octanol–water partition coefficient (Wildman–Crippen LogP) is 2.84. The first-order valence-electron chi connectivity index (χ1n) is 8.17. The van der Waals surface area contributed by atoms with E-state index in [0.717, 1.165) is 38.3 Å². The van der Waals surface area contributed by atoms with Crippen molar-refractivity contribution in [2.75, 3.05) is 32.7 Å². The number of nitrogens with one attached hydrogen (secondary N) is 1. The fourth-order valence-corrected chi connectivity index (χ4v) is 3.66. The van der Waals surface area contributed by atoms with Crippen LogP contribution in [0.15, 0.2) is 41.8 Å². The van der Waals surface area contributed by atoms with Crippen LogP contribution >= 0.6 is 22.9 Å². The van der Waals surface area contributed by atoms with E-state index in [-0.39, 0.29) is 5.91 Å². The lowest BCUT2D eigenvalue weighted by atomic mass is 10.2. The summed E-state index contributed by atoms with van der Waals surface area (Å²) in [7, 11) is 0. The number of rotatable bonds is 6. The Morgan fingerprint density at radius 1 is 1.08 bits per heavy atom. The van der Waals surface area contributed by atoms with E-state index in [1.807, 2.05) is 24.3 Å². The molecular formula is C18H22ClN3OS. The van der Waals surface area contributed by atoms with Crippen molar-refractivity contribution < 1.29 is 4.79 Å². The maximum Gasteiger partial charge on any atom is 0.234 e. The van der Waals surface area contributed by atoms with E-state index in [1.54, 1.807) is 11.3 Å². The molecule has 6 heteroatoms. The van der Waals surface area contributed by atoms with E-state index in [2.05, 4.69) is 32.6 Å². The van der Waals surface area contributed by atoms with Crippen LogP contribution in [0.4, 0.5) is 0 Å². The van der Waals surface area contributed by atoms with Gasteiger partial charge in [-0.05, 0) is 29.1 Å². The number of carbonyl (C=O) groups excluding carboxylic acids is 1. The molecule has 0 bridgehead atoms. The van der Waals surface area contributed by atoms with Crippen LogP contribution in [0.2, 0.25) is 5.02 Å². The second-order valence-corrected chi connectivity index (χ2v) is 7.50. The van der Waals surface area contributed by atoms with Crippen LogP contribution in [0.1, 0.15) is 10.4 Å². The van der Waals surface area contributed by atoms with E-state index in [9.17, 15) is 4.79 Å². The van der Waals surface area contributed by atoms with E-state index in [1.165, 1.54) is 4.88 Å². The number of hydrogen-bond acceptors (Lipinski definition) is 4. The fraction of sp³-hybridized carbons (Fsp3) is 0.389. The molecule has 1 amide bonds. The minimum atomic E-state index is 0.0802. The lowest BCUT2D eigenvalue weighted by Gasteiger charge is -2.34. The molecule has 1 aromatic heterocycles. The molecule has 1 N–H and O–H groups in total. The molecule has 1 aromatic carbocycles. The summed E-state index contributed by atoms with van der Waals surface area (Å²) in [4.78, 5) is 18.2. The minimum Gasteiger partial charge on any atom is -0.351 e. The van der Waals surface area contributed by atoms with Gasteiger partial charge in [-0.3, -0.25) is 14.6 Å². The highest BCUT2D eigenvalue weighted by Crippen LogP contribution is 2.13. The van der Waals surface area contributed by atoms with Gasteiger partial charge in [-0.2, -0.15) is 0 Å². The number of nitrogens with zero attached hydrogens (tertiary/aromatic N) is 2. The summed E-state index contributed by atoms with van der Waals surface area (Å²) in [5, 5.41) is 5.81. The lowest BCUT2D eigenvalue weighted by Crippen LogP contribution is -2.48. The van der Waals surface area contributed by atoms with Crippen molar-refractivity contribution in [1.29, 1.82) is 0 Å². The summed E-state index contributed by atoms with van der Waals surface area (Å²) >= 11 is 7.67. The van der Waals surface area contributed by atoms with Crippen molar-refractivity contribution in [1.82, 2.24) is 15.1 Å². The van der Waals surface area contributed by atoms with Gasteiger partial charge in [0.15, 0.2) is 0 Å². The van der Waals surface area contributed by atoms with Crippen LogP contribution in [-0.4, -0.2) is 48.4 Å². The van der Waals surface area contributed by atoms with Gasteiger partial charge >= 0.3 is 0 Å². The summed E-state index contributed by atoms with van der Waals surface area (Å²) in [6.07, 6.45) is 0. The Kier molecular flexibility index (Phi) is 6.26. The van der Waals surface area contributed by atoms with Gasteiger partial charge in [0.1, 0.15) is 0 Å². The van der Waals surface area contributed by atoms with Crippen molar-refractivity contribution in [2.45, 2.75) is 13.1 Å². The van der Waals surface area contributed by atoms with Crippen LogP contribution in [0.5, 0.6) is 0 Å². The number of thiophene rings is 1. The van der Waals surface area contributed by atoms with Gasteiger partial charge in [0.25, 0.3) is 0 Å². The van der Waals surface area contributed by atoms with Crippen molar-refractivity contribution in [3.8, 4) is 0 Å². The molecular weight excluding hydrogens is 342 g/mol. The molecule has 1 fully saturated rings. The topological polar surface area (TPSA) is 35.6 Å². The molecule has 0 spiro atoms. The van der Waals surface area contributed by atoms with Crippen LogP contribution in [0.3, 0.4) is 0 Å². The van der Waals surface area contributed by atoms with Gasteiger partial charge in [0.05, 0.1) is 6.54 Å². The molecule has 0 atom stereocenters. The van der Waals surface area contributed by atoms with Gasteiger partial charge in [-0.25, -0.2) is 0 Å². The molecule has 2 heterocycles. The standard InChI is InChI=1S/C18H22ClN3OS/c19-16-5-3-15(4-6-16)12-20-18(23)14-22-9-7-21(8-10-22)13-17-2-1-11-24-17/h1-6,11H,7-10,12-14H2,(H,20,23). The largest absolute Gasteiger partial charge is 0.351 e. The van der Waals surface area contributed by atoms with Crippen molar-refractivity contribution in [3.05, 3.63) is 57.2 Å². The number of halogens is 1. The fourth-order valence-electron chi connectivity index (χ4n) is 2.79. The quantitative estimate of drug-likeness (QED) is 0.857. The van der Waals surface area contributed by atoms with Crippen LogP contribution in [0, 0.1) is 0 Å². The zero-order chi connectivity index (χ0) is 16.8. The number of carbonyl (C=O) groups is 1. The molecule has 3 rings (SSSR count). The second kappa shape index (κ2) is 8.62. The number of hydrogen-bond donors (Lipinski definition) is 1. The van der Waals surface area contributed by atoms with Crippen LogP contribution in [-0.2, 0) is 17.9 Å². The average molecular weight is 364 g/mol. The summed E-state index contributed by atoms with van der Waals surface area (Å²) in [6.45, 7) is 5.97. The maximum atomic E-state index is 12.1. The summed E-state index contributed by atoms with van der Waals surface area (Å²) in [5.41, 5.74) is 1.06. The molecule has 0 aliphatic carbocycles. The number of benzene rings is 1. The van der Waals surface area contributed by atoms with Gasteiger partial charge in [-0.1, -0.05) is 29.8 Å². The Labute approximate surface area is 152 Å². The monoisotopic (exact) mass is 363 g/mol. The highest BCUT2D eigenvalue weighted by atomic mass is 35.5. The third-order valence-corrected chi connectivity index (χ3v) is 5.31. The predicted molar refractivity (Wildman–Crippen MR) is 99.3 cm³/mol. The highest BCUT2D eigenvalue weighted by Gasteiger charge is 2.19. The van der Waals surface area contributed by atoms with Gasteiger partial charge in [-0.15, -0.1) is 11.3 Å². The molecule has 128 valence electrons. The lowest BCUT2D eigenvalue weighted by molar-refractivity contribution is -0.122. The molecule has 2 aromatic rings. The Hall–Kier alpha value is -1.40. The summed E-state index contributed by atoms with van der Waals surface area (Å²) in [6, 6.07) is 11.8. The average Bonchev–Trinajstić information content (AvgIpc) is 3.09. The van der Waals surface area contributed by atoms with E-state index in [0.29, 0.717) is 18.1 Å². The Bertz CT molecular complexity index is 637. The molecule has 0 unspecified atom stereocenters. The molecule has 0 radical (unpaired) electrons. The number of piperazine rings is 1. The Balaban J connectivity index is 1.36. The van der Waals surface area contributed by atoms with Gasteiger partial charge < -0.3 is 5.32 Å². The van der Waals surface area contributed by atoms with Crippen molar-refractivity contribution in [2.24, 2.45) is 0 Å². The smallest absolute Gasteiger partial charge is 0.234 e. The van der Waals surface area contributed by atoms with Crippen LogP contribution < -0.4 is 5.32 Å². The Morgan fingerprint density at radius 3 is 2.46 bits per heavy atom. The van der Waals surface area contributed by atoms with Crippen molar-refractivity contribution >= 4 is 28.8 Å². The first-order chi connectivity index (χ1) is 11.7. The molecule has 24 heavy (non-hydrogen) atoms. The van der Waals surface area contributed by atoms with Crippen LogP contribution in [0.25, 0.3) is 0 Å². The van der Waals surface area contributed by atoms with Gasteiger partial charge in [0, 0.05) is 49.2 Å². The molecule has 1 aliphatic rings. The first-order valence-corrected chi connectivity index (χ1v) is 9.43. The zero-order valence-corrected chi connectivity index (χ0v) is 15.2. The summed E-state index contributed by atoms with van der Waals surface area (Å²) < 4.78 is 0. The summed E-state index contributed by atoms with van der Waals surface area (Å²) in [5.74, 6) is 0.0802. The molecule has 0 saturated carbocycles. The van der Waals surface area contributed by atoms with E-state index >= 15 is 0 Å². The molecule has 1 aliphatic heterocycles. The normalized spacial score (nSPS) is 16.2. The first kappa shape index (κ1) is 17.4. The van der Waals surface area contributed by atoms with Gasteiger partial charge in [0.2, 0.25) is 5.91 Å². The second-order valence-electron chi connectivity index (χ2n) is 6.03. The third kappa shape index (κ3) is 5.31. The van der Waals surface area contributed by atoms with Crippen molar-refractivity contribution in [3.63, 3.8) is 0 Å². The van der Waals surface area contributed by atoms with E-state index in [4.69, 9.17) is 11.6 Å². The Morgan fingerprint density at radius 2 is 1.79 bits per heavy atom. The maximum absolute atomic E-state index is 12.1. The third-order valence-electron chi connectivity index (χ3n) is 4.19. The minimum absolute atomic E-state index is 0.0802. The molecule has 1 saturated heterocycles. The zero-order valence-electron chi connectivity index (χ0n) is 13.6.